The summed E-state index contributed by atoms with van der Waals surface area (Å²) < 4.78 is 0. The van der Waals surface area contributed by atoms with E-state index in [4.69, 9.17) is 5.73 Å². The molecule has 2 heterocycles. The highest BCUT2D eigenvalue weighted by Crippen LogP contribution is 2.17. The van der Waals surface area contributed by atoms with Gasteiger partial charge in [0.15, 0.2) is 0 Å². The number of hydrogen-bond donors (Lipinski definition) is 1. The molecular formula is C10H12N4S. The molecule has 1 atom stereocenters. The molecule has 2 aromatic rings. The molecule has 78 valence electrons. The second kappa shape index (κ2) is 4.46. The summed E-state index contributed by atoms with van der Waals surface area (Å²) in [5.41, 5.74) is 8.02. The lowest BCUT2D eigenvalue weighted by molar-refractivity contribution is 0.708. The van der Waals surface area contributed by atoms with Crippen LogP contribution in [0.4, 0.5) is 0 Å². The second-order valence-corrected chi connectivity index (χ2v) is 4.31. The molecule has 0 aromatic carbocycles. The first-order chi connectivity index (χ1) is 7.25. The Labute approximate surface area is 92.2 Å². The van der Waals surface area contributed by atoms with Gasteiger partial charge in [0, 0.05) is 41.5 Å². The Morgan fingerprint density at radius 1 is 1.40 bits per heavy atom. The number of nitrogens with zero attached hydrogens (tertiary/aromatic N) is 3. The van der Waals surface area contributed by atoms with Gasteiger partial charge in [-0.25, -0.2) is 15.0 Å². The maximum atomic E-state index is 6.02. The standard InChI is InChI=1S/C10H12N4S/c1-7-5-15-10(14-7)2-9(11)8-3-12-6-13-4-8/h3-6,9H,2,11H2,1H3. The number of aryl methyl sites for hydroxylation is 1. The minimum Gasteiger partial charge on any atom is -0.324 e. The van der Waals surface area contributed by atoms with Gasteiger partial charge in [-0.3, -0.25) is 0 Å². The molecule has 0 amide bonds. The zero-order valence-electron chi connectivity index (χ0n) is 8.42. The molecule has 4 nitrogen and oxygen atoms in total. The van der Waals surface area contributed by atoms with Crippen molar-refractivity contribution in [2.75, 3.05) is 0 Å². The summed E-state index contributed by atoms with van der Waals surface area (Å²) in [6, 6.07) is -0.0725. The normalized spacial score (nSPS) is 12.7. The van der Waals surface area contributed by atoms with Gasteiger partial charge in [-0.1, -0.05) is 0 Å². The van der Waals surface area contributed by atoms with Gasteiger partial charge in [0.1, 0.15) is 6.33 Å². The second-order valence-electron chi connectivity index (χ2n) is 3.37. The van der Waals surface area contributed by atoms with E-state index in [0.29, 0.717) is 0 Å². The van der Waals surface area contributed by atoms with Crippen molar-refractivity contribution >= 4 is 11.3 Å². The summed E-state index contributed by atoms with van der Waals surface area (Å²) >= 11 is 1.64. The minimum absolute atomic E-state index is 0.0725. The van der Waals surface area contributed by atoms with E-state index in [9.17, 15) is 0 Å². The van der Waals surface area contributed by atoms with Crippen LogP contribution in [0.2, 0.25) is 0 Å². The maximum absolute atomic E-state index is 6.02. The number of nitrogens with two attached hydrogens (primary N) is 1. The van der Waals surface area contributed by atoms with Crippen LogP contribution in [0.5, 0.6) is 0 Å². The summed E-state index contributed by atoms with van der Waals surface area (Å²) in [6.07, 6.45) is 5.74. The first kappa shape index (κ1) is 10.2. The van der Waals surface area contributed by atoms with E-state index in [1.54, 1.807) is 23.7 Å². The van der Waals surface area contributed by atoms with Crippen LogP contribution in [-0.2, 0) is 6.42 Å². The summed E-state index contributed by atoms with van der Waals surface area (Å²) in [4.78, 5) is 12.3. The van der Waals surface area contributed by atoms with Gasteiger partial charge in [0.25, 0.3) is 0 Å². The maximum Gasteiger partial charge on any atom is 0.115 e. The molecule has 0 saturated carbocycles. The van der Waals surface area contributed by atoms with Crippen LogP contribution >= 0.6 is 11.3 Å². The van der Waals surface area contributed by atoms with Crippen molar-refractivity contribution in [3.8, 4) is 0 Å². The van der Waals surface area contributed by atoms with Crippen LogP contribution in [0.1, 0.15) is 22.3 Å². The van der Waals surface area contributed by atoms with E-state index in [2.05, 4.69) is 15.0 Å². The molecule has 0 aliphatic heterocycles. The Kier molecular flexibility index (Phi) is 3.03. The molecule has 0 saturated heterocycles. The average molecular weight is 220 g/mol. The quantitative estimate of drug-likeness (QED) is 0.851. The van der Waals surface area contributed by atoms with Crippen molar-refractivity contribution in [3.05, 3.63) is 40.4 Å². The fourth-order valence-corrected chi connectivity index (χ4v) is 2.14. The molecule has 0 fully saturated rings. The molecule has 0 radical (unpaired) electrons. The van der Waals surface area contributed by atoms with Gasteiger partial charge >= 0.3 is 0 Å². The first-order valence-corrected chi connectivity index (χ1v) is 5.55. The minimum atomic E-state index is -0.0725. The van der Waals surface area contributed by atoms with E-state index in [0.717, 1.165) is 22.7 Å². The zero-order chi connectivity index (χ0) is 10.7. The SMILES string of the molecule is Cc1csc(CC(N)c2cncnc2)n1. The highest BCUT2D eigenvalue weighted by molar-refractivity contribution is 7.09. The summed E-state index contributed by atoms with van der Waals surface area (Å²) in [6.45, 7) is 1.98. The van der Waals surface area contributed by atoms with Crippen molar-refractivity contribution in [1.82, 2.24) is 15.0 Å². The van der Waals surface area contributed by atoms with Crippen LogP contribution in [0.15, 0.2) is 24.1 Å². The van der Waals surface area contributed by atoms with Crippen LogP contribution in [0, 0.1) is 6.92 Å². The van der Waals surface area contributed by atoms with Crippen LogP contribution in [0.3, 0.4) is 0 Å². The lowest BCUT2D eigenvalue weighted by Gasteiger charge is -2.08. The fraction of sp³-hybridized carbons (Fsp3) is 0.300. The highest BCUT2D eigenvalue weighted by Gasteiger charge is 2.09. The van der Waals surface area contributed by atoms with E-state index in [1.165, 1.54) is 6.33 Å². The highest BCUT2D eigenvalue weighted by atomic mass is 32.1. The van der Waals surface area contributed by atoms with Gasteiger partial charge in [-0.15, -0.1) is 11.3 Å². The number of rotatable bonds is 3. The summed E-state index contributed by atoms with van der Waals surface area (Å²) in [7, 11) is 0. The molecule has 0 aliphatic carbocycles. The summed E-state index contributed by atoms with van der Waals surface area (Å²) in [5.74, 6) is 0. The molecule has 5 heteroatoms. The van der Waals surface area contributed by atoms with E-state index in [-0.39, 0.29) is 6.04 Å². The molecular weight excluding hydrogens is 208 g/mol. The number of aromatic nitrogens is 3. The third-order valence-corrected chi connectivity index (χ3v) is 3.06. The Bertz CT molecular complexity index is 426. The summed E-state index contributed by atoms with van der Waals surface area (Å²) in [5, 5.41) is 3.09. The van der Waals surface area contributed by atoms with Gasteiger partial charge in [-0.05, 0) is 6.92 Å². The van der Waals surface area contributed by atoms with Crippen molar-refractivity contribution in [3.63, 3.8) is 0 Å². The van der Waals surface area contributed by atoms with Crippen molar-refractivity contribution in [1.29, 1.82) is 0 Å². The van der Waals surface area contributed by atoms with Gasteiger partial charge < -0.3 is 5.73 Å². The van der Waals surface area contributed by atoms with E-state index in [1.807, 2.05) is 12.3 Å². The third-order valence-electron chi connectivity index (χ3n) is 2.07. The smallest absolute Gasteiger partial charge is 0.115 e. The average Bonchev–Trinajstić information content (AvgIpc) is 2.65. The van der Waals surface area contributed by atoms with Gasteiger partial charge in [-0.2, -0.15) is 0 Å². The Hall–Kier alpha value is -1.33. The Morgan fingerprint density at radius 3 is 2.73 bits per heavy atom. The molecule has 0 bridgehead atoms. The lowest BCUT2D eigenvalue weighted by Crippen LogP contribution is -2.13. The van der Waals surface area contributed by atoms with Crippen molar-refractivity contribution in [2.24, 2.45) is 5.73 Å². The molecule has 1 unspecified atom stereocenters. The third kappa shape index (κ3) is 2.57. The van der Waals surface area contributed by atoms with Crippen molar-refractivity contribution < 1.29 is 0 Å². The molecule has 2 N–H and O–H groups in total. The van der Waals surface area contributed by atoms with Crippen LogP contribution in [0.25, 0.3) is 0 Å². The fourth-order valence-electron chi connectivity index (χ4n) is 1.30. The van der Waals surface area contributed by atoms with Crippen molar-refractivity contribution in [2.45, 2.75) is 19.4 Å². The predicted octanol–water partition coefficient (Wildman–Crippen LogP) is 1.48. The number of thiazole rings is 1. The van der Waals surface area contributed by atoms with Gasteiger partial charge in [0.2, 0.25) is 0 Å². The molecule has 15 heavy (non-hydrogen) atoms. The van der Waals surface area contributed by atoms with E-state index >= 15 is 0 Å². The molecule has 0 aliphatic rings. The molecule has 2 aromatic heterocycles. The van der Waals surface area contributed by atoms with E-state index < -0.39 is 0 Å². The number of hydrogen-bond acceptors (Lipinski definition) is 5. The van der Waals surface area contributed by atoms with Crippen LogP contribution < -0.4 is 5.73 Å². The first-order valence-electron chi connectivity index (χ1n) is 4.67. The molecule has 0 spiro atoms. The Balaban J connectivity index is 2.07. The molecule has 2 rings (SSSR count). The van der Waals surface area contributed by atoms with Crippen LogP contribution in [-0.4, -0.2) is 15.0 Å². The topological polar surface area (TPSA) is 64.7 Å². The lowest BCUT2D eigenvalue weighted by atomic mass is 10.1. The predicted molar refractivity (Wildman–Crippen MR) is 59.5 cm³/mol. The Morgan fingerprint density at radius 2 is 2.13 bits per heavy atom. The largest absolute Gasteiger partial charge is 0.324 e. The van der Waals surface area contributed by atoms with Gasteiger partial charge in [0.05, 0.1) is 5.01 Å². The zero-order valence-corrected chi connectivity index (χ0v) is 9.24. The monoisotopic (exact) mass is 220 g/mol.